The number of aliphatic hydroxyl groups is 2. The van der Waals surface area contributed by atoms with Crippen LogP contribution >= 0.6 is 0 Å². The Morgan fingerprint density at radius 2 is 2.35 bits per heavy atom. The fraction of sp³-hybridized carbons (Fsp3) is 0.556. The molecule has 94 valence electrons. The second-order valence-electron chi connectivity index (χ2n) is 3.88. The van der Waals surface area contributed by atoms with E-state index in [1.807, 2.05) is 0 Å². The minimum Gasteiger partial charge on any atom is -0.394 e. The Hall–Kier alpha value is -1.64. The average molecular weight is 242 g/mol. The van der Waals surface area contributed by atoms with Crippen LogP contribution in [0, 0.1) is 5.41 Å². The van der Waals surface area contributed by atoms with Gasteiger partial charge >= 0.3 is 5.69 Å². The lowest BCUT2D eigenvalue weighted by molar-refractivity contribution is -0.0462. The number of nitrogens with zero attached hydrogens (tertiary/aromatic N) is 2. The molecule has 8 heteroatoms. The fourth-order valence-electron chi connectivity index (χ4n) is 1.79. The number of hydrogen-bond acceptors (Lipinski definition) is 6. The molecular formula is C9H14N4O4. The highest BCUT2D eigenvalue weighted by Crippen LogP contribution is 2.26. The molecule has 5 N–H and O–H groups in total. The van der Waals surface area contributed by atoms with Crippen LogP contribution in [0.15, 0.2) is 17.1 Å². The van der Waals surface area contributed by atoms with E-state index in [1.165, 1.54) is 16.8 Å². The van der Waals surface area contributed by atoms with Gasteiger partial charge in [0.15, 0.2) is 0 Å². The summed E-state index contributed by atoms with van der Waals surface area (Å²) in [6.07, 6.45) is -0.620. The van der Waals surface area contributed by atoms with E-state index >= 15 is 0 Å². The van der Waals surface area contributed by atoms with Crippen LogP contribution < -0.4 is 17.0 Å². The van der Waals surface area contributed by atoms with Gasteiger partial charge < -0.3 is 20.8 Å². The highest BCUT2D eigenvalue weighted by molar-refractivity contribution is 4.89. The van der Waals surface area contributed by atoms with E-state index in [1.54, 1.807) is 0 Å². The molecule has 2 rings (SSSR count). The fourth-order valence-corrected chi connectivity index (χ4v) is 1.79. The molecule has 1 aromatic heterocycles. The van der Waals surface area contributed by atoms with Gasteiger partial charge in [-0.25, -0.2) is 4.79 Å². The van der Waals surface area contributed by atoms with Gasteiger partial charge in [0.25, 0.3) is 0 Å². The predicted molar refractivity (Wildman–Crippen MR) is 56.3 cm³/mol. The van der Waals surface area contributed by atoms with Crippen LogP contribution in [-0.2, 0) is 4.74 Å². The van der Waals surface area contributed by atoms with Crippen LogP contribution in [0.3, 0.4) is 0 Å². The van der Waals surface area contributed by atoms with Crippen molar-refractivity contribution in [3.05, 3.63) is 28.2 Å². The molecule has 1 fully saturated rings. The molecule has 8 nitrogen and oxygen atoms in total. The Labute approximate surface area is 96.0 Å². The first kappa shape index (κ1) is 11.8. The lowest BCUT2D eigenvalue weighted by Gasteiger charge is -2.15. The minimum atomic E-state index is -0.821. The summed E-state index contributed by atoms with van der Waals surface area (Å²) in [4.78, 5) is 11.7. The molecule has 0 spiro atoms. The van der Waals surface area contributed by atoms with Crippen LogP contribution in [0.4, 0.5) is 0 Å². The second kappa shape index (κ2) is 4.32. The number of aliphatic hydroxyl groups excluding tert-OH is 2. The summed E-state index contributed by atoms with van der Waals surface area (Å²) in [6.45, 7) is -0.314. The van der Waals surface area contributed by atoms with E-state index in [4.69, 9.17) is 21.1 Å². The first-order valence-corrected chi connectivity index (χ1v) is 5.13. The van der Waals surface area contributed by atoms with Crippen molar-refractivity contribution < 1.29 is 14.9 Å². The van der Waals surface area contributed by atoms with Gasteiger partial charge in [-0.1, -0.05) is 0 Å². The molecule has 1 aliphatic heterocycles. The molecular weight excluding hydrogens is 228 g/mol. The third-order valence-corrected chi connectivity index (χ3v) is 2.77. The van der Waals surface area contributed by atoms with Crippen molar-refractivity contribution in [2.45, 2.75) is 24.9 Å². The lowest BCUT2D eigenvalue weighted by atomic mass is 10.2. The highest BCUT2D eigenvalue weighted by atomic mass is 16.5. The first-order valence-electron chi connectivity index (χ1n) is 5.13. The lowest BCUT2D eigenvalue weighted by Crippen LogP contribution is -2.44. The quantitative estimate of drug-likeness (QED) is 0.426. The summed E-state index contributed by atoms with van der Waals surface area (Å²) >= 11 is 0. The summed E-state index contributed by atoms with van der Waals surface area (Å²) in [7, 11) is 0. The van der Waals surface area contributed by atoms with Crippen molar-refractivity contribution in [3.63, 3.8) is 0 Å². The summed E-state index contributed by atoms with van der Waals surface area (Å²) in [5.41, 5.74) is -0.725. The Kier molecular flexibility index (Phi) is 3.01. The van der Waals surface area contributed by atoms with Crippen molar-refractivity contribution >= 4 is 0 Å². The van der Waals surface area contributed by atoms with Gasteiger partial charge in [0.05, 0.1) is 12.7 Å². The van der Waals surface area contributed by atoms with Gasteiger partial charge in [-0.2, -0.15) is 4.68 Å². The molecule has 1 aromatic rings. The maximum Gasteiger partial charge on any atom is 0.350 e. The number of hydrogen-bond donors (Lipinski definition) is 4. The predicted octanol–water partition coefficient (Wildman–Crippen LogP) is -2.52. The second-order valence-corrected chi connectivity index (χ2v) is 3.88. The van der Waals surface area contributed by atoms with Gasteiger partial charge in [-0.3, -0.25) is 9.98 Å². The summed E-state index contributed by atoms with van der Waals surface area (Å²) in [5.74, 6) is 5.38. The van der Waals surface area contributed by atoms with Crippen molar-refractivity contribution in [2.24, 2.45) is 0 Å². The monoisotopic (exact) mass is 242 g/mol. The number of aromatic nitrogens is 2. The van der Waals surface area contributed by atoms with Gasteiger partial charge in [0.1, 0.15) is 17.8 Å². The molecule has 0 amide bonds. The molecule has 17 heavy (non-hydrogen) atoms. The van der Waals surface area contributed by atoms with E-state index in [0.717, 1.165) is 0 Å². The molecule has 0 unspecified atom stereocenters. The molecule has 0 radical (unpaired) electrons. The molecule has 2 heterocycles. The summed E-state index contributed by atoms with van der Waals surface area (Å²) in [5, 5.41) is 25.8. The van der Waals surface area contributed by atoms with E-state index in [2.05, 4.69) is 0 Å². The van der Waals surface area contributed by atoms with Crippen molar-refractivity contribution in [1.82, 2.24) is 9.24 Å². The third kappa shape index (κ3) is 1.97. The van der Waals surface area contributed by atoms with E-state index in [-0.39, 0.29) is 18.5 Å². The molecule has 0 aromatic carbocycles. The number of nitrogens with one attached hydrogen (secondary N) is 1. The maximum atomic E-state index is 11.7. The first-order chi connectivity index (χ1) is 8.04. The number of nitrogen functional groups attached to an aromatic ring is 1. The smallest absolute Gasteiger partial charge is 0.350 e. The van der Waals surface area contributed by atoms with Crippen LogP contribution in [0.2, 0.25) is 0 Å². The zero-order valence-electron chi connectivity index (χ0n) is 8.98. The SMILES string of the molecule is N=c1ccn([C@H]2C[C@H](O)[C@@H](CO)O2)c(=O)n1N. The number of ether oxygens (including phenoxy) is 1. The Morgan fingerprint density at radius 1 is 1.65 bits per heavy atom. The standard InChI is InChI=1S/C9H14N4O4/c10-7-1-2-12(9(16)13(7)11)8-3-5(15)6(4-14)17-8/h1-2,5-6,8,10,14-15H,3-4,11H2/t5-,6+,8+/m0/s1. The average Bonchev–Trinajstić information content (AvgIpc) is 2.67. The molecule has 3 atom stereocenters. The van der Waals surface area contributed by atoms with Crippen LogP contribution in [0.5, 0.6) is 0 Å². The molecule has 0 saturated carbocycles. The van der Waals surface area contributed by atoms with E-state index in [0.29, 0.717) is 4.68 Å². The Morgan fingerprint density at radius 3 is 2.94 bits per heavy atom. The zero-order valence-corrected chi connectivity index (χ0v) is 8.98. The van der Waals surface area contributed by atoms with Gasteiger partial charge in [0, 0.05) is 12.6 Å². The normalized spacial score (nSPS) is 28.5. The van der Waals surface area contributed by atoms with Gasteiger partial charge in [-0.05, 0) is 6.07 Å². The number of nitrogens with two attached hydrogens (primary N) is 1. The Bertz CT molecular complexity index is 522. The molecule has 0 aliphatic carbocycles. The minimum absolute atomic E-state index is 0.122. The van der Waals surface area contributed by atoms with Crippen molar-refractivity contribution in [3.8, 4) is 0 Å². The van der Waals surface area contributed by atoms with Crippen molar-refractivity contribution in [2.75, 3.05) is 12.4 Å². The van der Waals surface area contributed by atoms with Crippen LogP contribution in [0.1, 0.15) is 12.6 Å². The molecule has 0 bridgehead atoms. The van der Waals surface area contributed by atoms with E-state index < -0.39 is 24.1 Å². The molecule has 1 aliphatic rings. The van der Waals surface area contributed by atoms with E-state index in [9.17, 15) is 9.90 Å². The topological polar surface area (TPSA) is 126 Å². The van der Waals surface area contributed by atoms with Crippen molar-refractivity contribution in [1.29, 1.82) is 5.41 Å². The van der Waals surface area contributed by atoms with Crippen LogP contribution in [-0.4, -0.2) is 38.3 Å². The highest BCUT2D eigenvalue weighted by Gasteiger charge is 2.34. The molecule has 1 saturated heterocycles. The third-order valence-electron chi connectivity index (χ3n) is 2.77. The zero-order chi connectivity index (χ0) is 12.6. The van der Waals surface area contributed by atoms with Gasteiger partial charge in [-0.15, -0.1) is 0 Å². The number of rotatable bonds is 2. The summed E-state index contributed by atoms with van der Waals surface area (Å²) in [6, 6.07) is 1.35. The maximum absolute atomic E-state index is 11.7. The summed E-state index contributed by atoms with van der Waals surface area (Å²) < 4.78 is 7.19. The Balaban J connectivity index is 2.34. The van der Waals surface area contributed by atoms with Crippen LogP contribution in [0.25, 0.3) is 0 Å². The largest absolute Gasteiger partial charge is 0.394 e. The van der Waals surface area contributed by atoms with Gasteiger partial charge in [0.2, 0.25) is 0 Å².